The van der Waals surface area contributed by atoms with Crippen LogP contribution < -0.4 is 5.32 Å². The molecule has 88 valence electrons. The van der Waals surface area contributed by atoms with Gasteiger partial charge in [0.05, 0.1) is 10.6 Å². The van der Waals surface area contributed by atoms with Gasteiger partial charge < -0.3 is 0 Å². The minimum absolute atomic E-state index is 0.305. The molecule has 1 amide bonds. The highest BCUT2D eigenvalue weighted by Gasteiger charge is 2.12. The molecule has 0 saturated heterocycles. The molecule has 2 aromatic heterocycles. The van der Waals surface area contributed by atoms with Crippen LogP contribution in [0.25, 0.3) is 0 Å². The maximum absolute atomic E-state index is 11.8. The predicted molar refractivity (Wildman–Crippen MR) is 68.9 cm³/mol. The van der Waals surface area contributed by atoms with E-state index in [0.29, 0.717) is 20.9 Å². The Morgan fingerprint density at radius 1 is 1.59 bits per heavy atom. The number of halogens is 1. The van der Waals surface area contributed by atoms with Gasteiger partial charge in [0, 0.05) is 23.9 Å². The molecular formula is C9H7ClN4OS2. The lowest BCUT2D eigenvalue weighted by molar-refractivity contribution is 0.102. The van der Waals surface area contributed by atoms with Crippen molar-refractivity contribution in [2.45, 2.75) is 5.16 Å². The number of nitrogens with zero attached hydrogens (tertiary/aromatic N) is 3. The lowest BCUT2D eigenvalue weighted by Gasteiger charge is -2.02. The fraction of sp³-hybridized carbons (Fsp3) is 0.111. The molecule has 0 unspecified atom stereocenters. The van der Waals surface area contributed by atoms with Gasteiger partial charge in [0.1, 0.15) is 0 Å². The average Bonchev–Trinajstić information content (AvgIpc) is 2.77. The van der Waals surface area contributed by atoms with Crippen LogP contribution >= 0.6 is 34.9 Å². The van der Waals surface area contributed by atoms with Crippen molar-refractivity contribution in [3.63, 3.8) is 0 Å². The van der Waals surface area contributed by atoms with E-state index >= 15 is 0 Å². The fourth-order valence-electron chi connectivity index (χ4n) is 1.07. The lowest BCUT2D eigenvalue weighted by atomic mass is 10.2. The molecule has 0 fully saturated rings. The SMILES string of the molecule is CSc1nsc(NC(=O)c2ccncc2Cl)n1. The van der Waals surface area contributed by atoms with Crippen molar-refractivity contribution in [1.29, 1.82) is 0 Å². The summed E-state index contributed by atoms with van der Waals surface area (Å²) in [7, 11) is 0. The Hall–Kier alpha value is -1.18. The number of anilines is 1. The first-order valence-corrected chi connectivity index (χ1v) is 6.87. The summed E-state index contributed by atoms with van der Waals surface area (Å²) in [6.07, 6.45) is 4.80. The first-order valence-electron chi connectivity index (χ1n) is 4.49. The quantitative estimate of drug-likeness (QED) is 0.878. The maximum Gasteiger partial charge on any atom is 0.259 e. The van der Waals surface area contributed by atoms with Gasteiger partial charge in [-0.3, -0.25) is 15.1 Å². The highest BCUT2D eigenvalue weighted by atomic mass is 35.5. The number of pyridine rings is 1. The minimum Gasteiger partial charge on any atom is -0.297 e. The molecule has 0 aromatic carbocycles. The minimum atomic E-state index is -0.318. The van der Waals surface area contributed by atoms with Gasteiger partial charge in [0.25, 0.3) is 5.91 Å². The standard InChI is InChI=1S/C9H7ClN4OS2/c1-16-9-13-8(17-14-9)12-7(15)5-2-3-11-4-6(5)10/h2-4H,1H3,(H,12,13,14,15). The molecule has 0 aliphatic carbocycles. The normalized spacial score (nSPS) is 10.2. The van der Waals surface area contributed by atoms with Crippen LogP contribution in [-0.2, 0) is 0 Å². The summed E-state index contributed by atoms with van der Waals surface area (Å²) in [6.45, 7) is 0. The van der Waals surface area contributed by atoms with Gasteiger partial charge in [-0.2, -0.15) is 9.36 Å². The molecule has 0 aliphatic heterocycles. The summed E-state index contributed by atoms with van der Waals surface area (Å²) in [5, 5.41) is 4.02. The van der Waals surface area contributed by atoms with Crippen LogP contribution in [0.4, 0.5) is 5.13 Å². The van der Waals surface area contributed by atoms with Crippen LogP contribution in [0.3, 0.4) is 0 Å². The van der Waals surface area contributed by atoms with Crippen LogP contribution in [0.2, 0.25) is 5.02 Å². The predicted octanol–water partition coefficient (Wildman–Crippen LogP) is 2.56. The van der Waals surface area contributed by atoms with E-state index < -0.39 is 0 Å². The summed E-state index contributed by atoms with van der Waals surface area (Å²) < 4.78 is 4.04. The van der Waals surface area contributed by atoms with E-state index in [9.17, 15) is 4.79 Å². The Labute approximate surface area is 111 Å². The zero-order chi connectivity index (χ0) is 12.3. The Bertz CT molecular complexity index is 545. The van der Waals surface area contributed by atoms with Gasteiger partial charge in [-0.1, -0.05) is 23.4 Å². The van der Waals surface area contributed by atoms with E-state index in [2.05, 4.69) is 19.7 Å². The fourth-order valence-corrected chi connectivity index (χ4v) is 2.39. The van der Waals surface area contributed by atoms with Crippen molar-refractivity contribution in [3.05, 3.63) is 29.0 Å². The Morgan fingerprint density at radius 2 is 2.41 bits per heavy atom. The largest absolute Gasteiger partial charge is 0.297 e. The third-order valence-electron chi connectivity index (χ3n) is 1.83. The summed E-state index contributed by atoms with van der Waals surface area (Å²) in [5.74, 6) is -0.318. The topological polar surface area (TPSA) is 67.8 Å². The second kappa shape index (κ2) is 5.44. The molecule has 2 aromatic rings. The van der Waals surface area contributed by atoms with Crippen LogP contribution in [0.1, 0.15) is 10.4 Å². The van der Waals surface area contributed by atoms with Crippen molar-refractivity contribution in [1.82, 2.24) is 14.3 Å². The summed E-state index contributed by atoms with van der Waals surface area (Å²) in [5.41, 5.74) is 0.363. The lowest BCUT2D eigenvalue weighted by Crippen LogP contribution is -2.12. The van der Waals surface area contributed by atoms with Crippen molar-refractivity contribution in [2.24, 2.45) is 0 Å². The molecule has 0 radical (unpaired) electrons. The second-order valence-corrected chi connectivity index (χ2v) is 4.83. The molecule has 0 saturated carbocycles. The number of amides is 1. The zero-order valence-electron chi connectivity index (χ0n) is 8.68. The van der Waals surface area contributed by atoms with Gasteiger partial charge in [0.2, 0.25) is 10.3 Å². The Balaban J connectivity index is 2.14. The number of carbonyl (C=O) groups is 1. The van der Waals surface area contributed by atoms with E-state index in [-0.39, 0.29) is 5.91 Å². The van der Waals surface area contributed by atoms with E-state index in [1.54, 1.807) is 6.07 Å². The second-order valence-electron chi connectivity index (χ2n) is 2.90. The van der Waals surface area contributed by atoms with Crippen LogP contribution in [0.15, 0.2) is 23.6 Å². The number of carbonyl (C=O) groups excluding carboxylic acids is 1. The first kappa shape index (κ1) is 12.3. The van der Waals surface area contributed by atoms with Crippen molar-refractivity contribution in [3.8, 4) is 0 Å². The van der Waals surface area contributed by atoms with Gasteiger partial charge in [-0.15, -0.1) is 0 Å². The molecule has 5 nitrogen and oxygen atoms in total. The average molecular weight is 287 g/mol. The summed E-state index contributed by atoms with van der Waals surface area (Å²) in [4.78, 5) is 19.8. The number of thioether (sulfide) groups is 1. The van der Waals surface area contributed by atoms with Crippen LogP contribution in [0.5, 0.6) is 0 Å². The smallest absolute Gasteiger partial charge is 0.259 e. The van der Waals surface area contributed by atoms with Gasteiger partial charge in [-0.25, -0.2) is 0 Å². The molecule has 17 heavy (non-hydrogen) atoms. The molecular weight excluding hydrogens is 280 g/mol. The molecule has 2 rings (SSSR count). The highest BCUT2D eigenvalue weighted by molar-refractivity contribution is 7.98. The number of aromatic nitrogens is 3. The third kappa shape index (κ3) is 2.93. The molecule has 0 bridgehead atoms. The van der Waals surface area contributed by atoms with Gasteiger partial charge in [0.15, 0.2) is 0 Å². The third-order valence-corrected chi connectivity index (χ3v) is 3.42. The molecule has 0 atom stereocenters. The van der Waals surface area contributed by atoms with E-state index in [0.717, 1.165) is 11.5 Å². The van der Waals surface area contributed by atoms with E-state index in [1.165, 1.54) is 24.2 Å². The summed E-state index contributed by atoms with van der Waals surface area (Å²) in [6, 6.07) is 1.55. The highest BCUT2D eigenvalue weighted by Crippen LogP contribution is 2.20. The van der Waals surface area contributed by atoms with Gasteiger partial charge in [-0.05, 0) is 12.3 Å². The molecule has 0 spiro atoms. The van der Waals surface area contributed by atoms with Crippen molar-refractivity contribution < 1.29 is 4.79 Å². The zero-order valence-corrected chi connectivity index (χ0v) is 11.1. The Morgan fingerprint density at radius 3 is 3.06 bits per heavy atom. The Kier molecular flexibility index (Phi) is 3.93. The molecule has 0 aliphatic rings. The number of rotatable bonds is 3. The van der Waals surface area contributed by atoms with E-state index in [1.807, 2.05) is 6.26 Å². The number of hydrogen-bond acceptors (Lipinski definition) is 6. The monoisotopic (exact) mass is 286 g/mol. The number of nitrogens with one attached hydrogen (secondary N) is 1. The van der Waals surface area contributed by atoms with Crippen molar-refractivity contribution >= 4 is 45.9 Å². The maximum atomic E-state index is 11.8. The molecule has 1 N–H and O–H groups in total. The molecule has 2 heterocycles. The summed E-state index contributed by atoms with van der Waals surface area (Å²) >= 11 is 8.40. The number of hydrogen-bond donors (Lipinski definition) is 1. The van der Waals surface area contributed by atoms with Crippen molar-refractivity contribution in [2.75, 3.05) is 11.6 Å². The van der Waals surface area contributed by atoms with Crippen LogP contribution in [0, 0.1) is 0 Å². The van der Waals surface area contributed by atoms with Crippen LogP contribution in [-0.4, -0.2) is 26.5 Å². The molecule has 8 heteroatoms. The van der Waals surface area contributed by atoms with E-state index in [4.69, 9.17) is 11.6 Å². The van der Waals surface area contributed by atoms with Gasteiger partial charge >= 0.3 is 0 Å². The first-order chi connectivity index (χ1) is 8.20.